The minimum atomic E-state index is -0.482. The summed E-state index contributed by atoms with van der Waals surface area (Å²) in [4.78, 5) is 16.2. The maximum atomic E-state index is 11.1. The maximum absolute atomic E-state index is 11.1. The van der Waals surface area contributed by atoms with E-state index in [0.717, 1.165) is 11.5 Å². The van der Waals surface area contributed by atoms with Crippen molar-refractivity contribution in [2.24, 2.45) is 0 Å². The van der Waals surface area contributed by atoms with E-state index in [1.165, 1.54) is 4.90 Å². The Morgan fingerprint density at radius 2 is 2.29 bits per heavy atom. The number of nitrogens with zero attached hydrogens (tertiary/aromatic N) is 3. The van der Waals surface area contributed by atoms with Crippen LogP contribution in [0.5, 0.6) is 11.2 Å². The summed E-state index contributed by atoms with van der Waals surface area (Å²) in [6, 6.07) is 0.235. The van der Waals surface area contributed by atoms with Crippen molar-refractivity contribution in [1.82, 2.24) is 14.3 Å². The molecule has 0 spiro atoms. The van der Waals surface area contributed by atoms with Crippen molar-refractivity contribution >= 4 is 17.6 Å². The molecule has 0 aromatic carbocycles. The molecule has 1 aromatic heterocycles. The SMILES string of the molecule is CCOc1nsc(OC(=O)N(C)C)n1. The first-order valence-electron chi connectivity index (χ1n) is 3.99. The Hall–Kier alpha value is -1.37. The van der Waals surface area contributed by atoms with Gasteiger partial charge >= 0.3 is 17.3 Å². The standard InChI is InChI=1S/C7H11N3O3S/c1-4-12-5-8-6(14-9-5)13-7(11)10(2)3/h4H2,1-3H3. The van der Waals surface area contributed by atoms with Crippen LogP contribution in [-0.2, 0) is 0 Å². The molecule has 6 nitrogen and oxygen atoms in total. The van der Waals surface area contributed by atoms with Crippen LogP contribution in [0.15, 0.2) is 0 Å². The molecule has 0 unspecified atom stereocenters. The molecule has 1 heterocycles. The number of aromatic nitrogens is 2. The molecule has 14 heavy (non-hydrogen) atoms. The highest BCUT2D eigenvalue weighted by Crippen LogP contribution is 2.18. The normalized spacial score (nSPS) is 9.64. The van der Waals surface area contributed by atoms with Gasteiger partial charge in [0.15, 0.2) is 0 Å². The van der Waals surface area contributed by atoms with Crippen LogP contribution >= 0.6 is 11.5 Å². The fourth-order valence-corrected chi connectivity index (χ4v) is 1.07. The van der Waals surface area contributed by atoms with Crippen LogP contribution < -0.4 is 9.47 Å². The summed E-state index contributed by atoms with van der Waals surface area (Å²) >= 11 is 0.979. The zero-order valence-electron chi connectivity index (χ0n) is 8.18. The smallest absolute Gasteiger partial charge is 0.416 e. The number of carbonyl (C=O) groups is 1. The Bertz CT molecular complexity index is 313. The molecule has 78 valence electrons. The summed E-state index contributed by atoms with van der Waals surface area (Å²) < 4.78 is 13.7. The Kier molecular flexibility index (Phi) is 3.63. The van der Waals surface area contributed by atoms with Gasteiger partial charge in [-0.1, -0.05) is 0 Å². The van der Waals surface area contributed by atoms with Gasteiger partial charge in [0.25, 0.3) is 0 Å². The zero-order chi connectivity index (χ0) is 10.6. The second-order valence-electron chi connectivity index (χ2n) is 2.54. The molecule has 1 rings (SSSR count). The van der Waals surface area contributed by atoms with Gasteiger partial charge in [-0.15, -0.1) is 9.36 Å². The fraction of sp³-hybridized carbons (Fsp3) is 0.571. The zero-order valence-corrected chi connectivity index (χ0v) is 9.00. The minimum Gasteiger partial charge on any atom is -0.463 e. The molecule has 0 fully saturated rings. The van der Waals surface area contributed by atoms with Crippen molar-refractivity contribution in [3.63, 3.8) is 0 Å². The molecule has 0 radical (unpaired) electrons. The first kappa shape index (κ1) is 10.7. The van der Waals surface area contributed by atoms with Crippen LogP contribution in [0.2, 0.25) is 0 Å². The van der Waals surface area contributed by atoms with Crippen LogP contribution in [-0.4, -0.2) is 41.1 Å². The summed E-state index contributed by atoms with van der Waals surface area (Å²) in [7, 11) is 3.18. The summed E-state index contributed by atoms with van der Waals surface area (Å²) in [6.45, 7) is 2.31. The Labute approximate surface area is 85.6 Å². The maximum Gasteiger partial charge on any atom is 0.416 e. The van der Waals surface area contributed by atoms with Gasteiger partial charge in [-0.25, -0.2) is 4.79 Å². The van der Waals surface area contributed by atoms with E-state index in [-0.39, 0.29) is 11.2 Å². The average molecular weight is 217 g/mol. The summed E-state index contributed by atoms with van der Waals surface area (Å²) in [6.07, 6.45) is -0.482. The number of amides is 1. The van der Waals surface area contributed by atoms with Crippen LogP contribution in [0.3, 0.4) is 0 Å². The minimum absolute atomic E-state index is 0.187. The van der Waals surface area contributed by atoms with Crippen LogP contribution in [0.4, 0.5) is 4.79 Å². The van der Waals surface area contributed by atoms with Gasteiger partial charge in [-0.05, 0) is 6.92 Å². The third kappa shape index (κ3) is 2.84. The molecule has 0 atom stereocenters. The van der Waals surface area contributed by atoms with Crippen molar-refractivity contribution in [2.45, 2.75) is 6.92 Å². The molecule has 0 bridgehead atoms. The lowest BCUT2D eigenvalue weighted by Gasteiger charge is -2.07. The molecule has 0 saturated heterocycles. The number of hydrogen-bond acceptors (Lipinski definition) is 6. The summed E-state index contributed by atoms with van der Waals surface area (Å²) in [5.41, 5.74) is 0. The number of carbonyl (C=O) groups excluding carboxylic acids is 1. The van der Waals surface area contributed by atoms with Crippen molar-refractivity contribution in [2.75, 3.05) is 20.7 Å². The molecule has 7 heteroatoms. The molecular formula is C7H11N3O3S. The third-order valence-corrected chi connectivity index (χ3v) is 1.78. The van der Waals surface area contributed by atoms with Gasteiger partial charge in [-0.2, -0.15) is 0 Å². The molecular weight excluding hydrogens is 206 g/mol. The monoisotopic (exact) mass is 217 g/mol. The molecule has 0 aliphatic carbocycles. The van der Waals surface area contributed by atoms with E-state index in [1.807, 2.05) is 6.92 Å². The Balaban J connectivity index is 2.55. The molecule has 1 aromatic rings. The van der Waals surface area contributed by atoms with Gasteiger partial charge in [-0.3, -0.25) is 0 Å². The quantitative estimate of drug-likeness (QED) is 0.755. The first-order chi connectivity index (χ1) is 6.63. The predicted molar refractivity (Wildman–Crippen MR) is 50.8 cm³/mol. The highest BCUT2D eigenvalue weighted by Gasteiger charge is 2.11. The van der Waals surface area contributed by atoms with E-state index >= 15 is 0 Å². The van der Waals surface area contributed by atoms with Crippen LogP contribution in [0, 0.1) is 0 Å². The molecule has 0 aliphatic heterocycles. The second kappa shape index (κ2) is 4.75. The predicted octanol–water partition coefficient (Wildman–Crippen LogP) is 0.997. The van der Waals surface area contributed by atoms with Crippen LogP contribution in [0.25, 0.3) is 0 Å². The topological polar surface area (TPSA) is 64.6 Å². The number of hydrogen-bond donors (Lipinski definition) is 0. The van der Waals surface area contributed by atoms with E-state index in [2.05, 4.69) is 9.36 Å². The number of rotatable bonds is 3. The fourth-order valence-electron chi connectivity index (χ4n) is 0.592. The largest absolute Gasteiger partial charge is 0.463 e. The Morgan fingerprint density at radius 3 is 2.86 bits per heavy atom. The lowest BCUT2D eigenvalue weighted by molar-refractivity contribution is 0.171. The molecule has 0 saturated carbocycles. The van der Waals surface area contributed by atoms with Crippen LogP contribution in [0.1, 0.15) is 6.92 Å². The second-order valence-corrected chi connectivity index (χ2v) is 3.25. The van der Waals surface area contributed by atoms with Gasteiger partial charge in [0.05, 0.1) is 6.61 Å². The lowest BCUT2D eigenvalue weighted by Crippen LogP contribution is -2.25. The van der Waals surface area contributed by atoms with Crippen molar-refractivity contribution in [3.05, 3.63) is 0 Å². The van der Waals surface area contributed by atoms with E-state index in [9.17, 15) is 4.79 Å². The van der Waals surface area contributed by atoms with E-state index in [0.29, 0.717) is 6.61 Å². The lowest BCUT2D eigenvalue weighted by atomic mass is 10.9. The van der Waals surface area contributed by atoms with Crippen molar-refractivity contribution in [3.8, 4) is 11.2 Å². The molecule has 1 amide bonds. The van der Waals surface area contributed by atoms with Gasteiger partial charge < -0.3 is 14.4 Å². The summed E-state index contributed by atoms with van der Waals surface area (Å²) in [5.74, 6) is 0. The first-order valence-corrected chi connectivity index (χ1v) is 4.76. The number of ether oxygens (including phenoxy) is 2. The van der Waals surface area contributed by atoms with E-state index in [1.54, 1.807) is 14.1 Å². The summed E-state index contributed by atoms with van der Waals surface area (Å²) in [5, 5.41) is 0.187. The third-order valence-electron chi connectivity index (χ3n) is 1.20. The molecule has 0 N–H and O–H groups in total. The average Bonchev–Trinajstić information content (AvgIpc) is 2.53. The highest BCUT2D eigenvalue weighted by molar-refractivity contribution is 7.07. The van der Waals surface area contributed by atoms with Gasteiger partial charge in [0.1, 0.15) is 0 Å². The van der Waals surface area contributed by atoms with Crippen molar-refractivity contribution < 1.29 is 14.3 Å². The van der Waals surface area contributed by atoms with Gasteiger partial charge in [0, 0.05) is 25.6 Å². The van der Waals surface area contributed by atoms with Gasteiger partial charge in [0.2, 0.25) is 0 Å². The highest BCUT2D eigenvalue weighted by atomic mass is 32.1. The Morgan fingerprint density at radius 1 is 1.57 bits per heavy atom. The van der Waals surface area contributed by atoms with Crippen molar-refractivity contribution in [1.29, 1.82) is 0 Å². The molecule has 0 aliphatic rings. The van der Waals surface area contributed by atoms with E-state index in [4.69, 9.17) is 9.47 Å². The van der Waals surface area contributed by atoms with E-state index < -0.39 is 6.09 Å².